The van der Waals surface area contributed by atoms with Crippen molar-refractivity contribution in [1.29, 1.82) is 0 Å². The van der Waals surface area contributed by atoms with Crippen LogP contribution in [0.25, 0.3) is 0 Å². The number of para-hydroxylation sites is 2. The predicted octanol–water partition coefficient (Wildman–Crippen LogP) is 3.12. The molecule has 2 unspecified atom stereocenters. The molecule has 2 atom stereocenters. The first kappa shape index (κ1) is 17.2. The Morgan fingerprint density at radius 1 is 1.48 bits per heavy atom. The van der Waals surface area contributed by atoms with E-state index >= 15 is 0 Å². The Morgan fingerprint density at radius 2 is 2.22 bits per heavy atom. The molecule has 0 spiro atoms. The molecule has 0 saturated carbocycles. The smallest absolute Gasteiger partial charge is 0.292 e. The highest BCUT2D eigenvalue weighted by atomic mass is 16.6. The largest absolute Gasteiger partial charge is 0.365 e. The van der Waals surface area contributed by atoms with E-state index in [2.05, 4.69) is 12.2 Å². The zero-order valence-corrected chi connectivity index (χ0v) is 13.8. The Morgan fingerprint density at radius 3 is 2.91 bits per heavy atom. The molecule has 0 radical (unpaired) electrons. The molecule has 126 valence electrons. The van der Waals surface area contributed by atoms with Gasteiger partial charge < -0.3 is 10.2 Å². The average Bonchev–Trinajstić information content (AvgIpc) is 2.55. The summed E-state index contributed by atoms with van der Waals surface area (Å²) in [5.41, 5.74) is 0.713. The van der Waals surface area contributed by atoms with Crippen LogP contribution in [0.1, 0.15) is 39.5 Å². The van der Waals surface area contributed by atoms with Crippen LogP contribution < -0.4 is 10.2 Å². The minimum absolute atomic E-state index is 0.0641. The average molecular weight is 319 g/mol. The molecule has 23 heavy (non-hydrogen) atoms. The first-order valence-electron chi connectivity index (χ1n) is 8.31. The first-order chi connectivity index (χ1) is 11.0. The summed E-state index contributed by atoms with van der Waals surface area (Å²) in [7, 11) is 0. The Hall–Kier alpha value is -2.11. The molecular formula is C17H25N3O3. The van der Waals surface area contributed by atoms with Gasteiger partial charge in [0.15, 0.2) is 0 Å². The lowest BCUT2D eigenvalue weighted by Crippen LogP contribution is -2.45. The molecular weight excluding hydrogens is 294 g/mol. The molecule has 1 saturated heterocycles. The van der Waals surface area contributed by atoms with E-state index in [-0.39, 0.29) is 28.5 Å². The van der Waals surface area contributed by atoms with Gasteiger partial charge >= 0.3 is 0 Å². The zero-order valence-electron chi connectivity index (χ0n) is 13.8. The van der Waals surface area contributed by atoms with Crippen LogP contribution in [0, 0.1) is 16.0 Å². The number of rotatable bonds is 6. The van der Waals surface area contributed by atoms with Gasteiger partial charge in [-0.05, 0) is 32.3 Å². The molecule has 1 fully saturated rings. The summed E-state index contributed by atoms with van der Waals surface area (Å²) in [4.78, 5) is 25.2. The maximum atomic E-state index is 12.4. The van der Waals surface area contributed by atoms with Crippen molar-refractivity contribution < 1.29 is 9.72 Å². The second-order valence-electron chi connectivity index (χ2n) is 6.23. The number of anilines is 1. The van der Waals surface area contributed by atoms with Crippen LogP contribution in [0.5, 0.6) is 0 Å². The molecule has 1 N–H and O–H groups in total. The van der Waals surface area contributed by atoms with Crippen molar-refractivity contribution in [3.63, 3.8) is 0 Å². The van der Waals surface area contributed by atoms with Gasteiger partial charge in [0.25, 0.3) is 5.69 Å². The SMILES string of the molecule is CCCC(C)NC(=O)C1CCCN(c2ccccc2[N+](=O)[O-])C1. The van der Waals surface area contributed by atoms with Crippen LogP contribution >= 0.6 is 0 Å². The van der Waals surface area contributed by atoms with Crippen LogP contribution in [0.4, 0.5) is 11.4 Å². The minimum Gasteiger partial charge on any atom is -0.365 e. The van der Waals surface area contributed by atoms with Gasteiger partial charge in [-0.25, -0.2) is 0 Å². The Labute approximate surface area is 137 Å². The van der Waals surface area contributed by atoms with Crippen LogP contribution in [-0.2, 0) is 4.79 Å². The number of carbonyl (C=O) groups is 1. The van der Waals surface area contributed by atoms with Crippen molar-refractivity contribution in [2.75, 3.05) is 18.0 Å². The number of nitro benzene ring substituents is 1. The molecule has 1 aliphatic rings. The van der Waals surface area contributed by atoms with Crippen LogP contribution in [0.3, 0.4) is 0 Å². The van der Waals surface area contributed by atoms with Crippen molar-refractivity contribution in [1.82, 2.24) is 5.32 Å². The zero-order chi connectivity index (χ0) is 16.8. The molecule has 1 aromatic rings. The quantitative estimate of drug-likeness (QED) is 0.645. The van der Waals surface area contributed by atoms with Crippen LogP contribution in [-0.4, -0.2) is 30.0 Å². The molecule has 1 aliphatic heterocycles. The maximum Gasteiger partial charge on any atom is 0.292 e. The molecule has 0 aromatic heterocycles. The monoisotopic (exact) mass is 319 g/mol. The Kier molecular flexibility index (Phi) is 5.96. The van der Waals surface area contributed by atoms with Gasteiger partial charge in [-0.1, -0.05) is 25.5 Å². The number of carbonyl (C=O) groups excluding carboxylic acids is 1. The second-order valence-corrected chi connectivity index (χ2v) is 6.23. The normalized spacial score (nSPS) is 19.2. The number of nitro groups is 1. The molecule has 0 bridgehead atoms. The first-order valence-corrected chi connectivity index (χ1v) is 8.31. The third kappa shape index (κ3) is 4.43. The van der Waals surface area contributed by atoms with Crippen molar-refractivity contribution in [3.8, 4) is 0 Å². The van der Waals surface area contributed by atoms with E-state index in [0.29, 0.717) is 12.2 Å². The Balaban J connectivity index is 2.06. The summed E-state index contributed by atoms with van der Waals surface area (Å²) in [6, 6.07) is 6.92. The number of piperidine rings is 1. The summed E-state index contributed by atoms with van der Waals surface area (Å²) in [6.07, 6.45) is 3.70. The van der Waals surface area contributed by atoms with Crippen LogP contribution in [0.2, 0.25) is 0 Å². The predicted molar refractivity (Wildman–Crippen MR) is 90.5 cm³/mol. The van der Waals surface area contributed by atoms with Gasteiger partial charge in [-0.2, -0.15) is 0 Å². The second kappa shape index (κ2) is 7.94. The lowest BCUT2D eigenvalue weighted by Gasteiger charge is -2.33. The standard InChI is InChI=1S/C17H25N3O3/c1-3-7-13(2)18-17(21)14-8-6-11-19(12-14)15-9-4-5-10-16(15)20(22)23/h4-5,9-10,13-14H,3,6-8,11-12H2,1-2H3,(H,18,21). The van der Waals surface area contributed by atoms with Crippen molar-refractivity contribution in [2.24, 2.45) is 5.92 Å². The highest BCUT2D eigenvalue weighted by Gasteiger charge is 2.29. The topological polar surface area (TPSA) is 75.5 Å². The third-order valence-electron chi connectivity index (χ3n) is 4.32. The van der Waals surface area contributed by atoms with Gasteiger partial charge in [0.1, 0.15) is 5.69 Å². The van der Waals surface area contributed by atoms with Gasteiger partial charge in [-0.15, -0.1) is 0 Å². The van der Waals surface area contributed by atoms with E-state index in [1.807, 2.05) is 11.8 Å². The highest BCUT2D eigenvalue weighted by molar-refractivity contribution is 5.80. The summed E-state index contributed by atoms with van der Waals surface area (Å²) in [5.74, 6) is -0.0444. The van der Waals surface area contributed by atoms with Crippen LogP contribution in [0.15, 0.2) is 24.3 Å². The molecule has 6 heteroatoms. The number of hydrogen-bond donors (Lipinski definition) is 1. The summed E-state index contributed by atoms with van der Waals surface area (Å²) >= 11 is 0. The number of benzene rings is 1. The lowest BCUT2D eigenvalue weighted by molar-refractivity contribution is -0.384. The fourth-order valence-corrected chi connectivity index (χ4v) is 3.16. The van der Waals surface area contributed by atoms with E-state index < -0.39 is 0 Å². The highest BCUT2D eigenvalue weighted by Crippen LogP contribution is 2.31. The molecule has 2 rings (SSSR count). The van der Waals surface area contributed by atoms with Gasteiger partial charge in [0.05, 0.1) is 10.8 Å². The fourth-order valence-electron chi connectivity index (χ4n) is 3.16. The van der Waals surface area contributed by atoms with E-state index in [4.69, 9.17) is 0 Å². The van der Waals surface area contributed by atoms with Gasteiger partial charge in [-0.3, -0.25) is 14.9 Å². The Bertz CT molecular complexity index is 562. The lowest BCUT2D eigenvalue weighted by atomic mass is 9.96. The molecule has 6 nitrogen and oxygen atoms in total. The van der Waals surface area contributed by atoms with E-state index in [1.54, 1.807) is 18.2 Å². The number of nitrogens with zero attached hydrogens (tertiary/aromatic N) is 2. The number of hydrogen-bond acceptors (Lipinski definition) is 4. The van der Waals surface area contributed by atoms with Crippen molar-refractivity contribution in [3.05, 3.63) is 34.4 Å². The summed E-state index contributed by atoms with van der Waals surface area (Å²) in [6.45, 7) is 5.40. The van der Waals surface area contributed by atoms with E-state index in [0.717, 1.165) is 32.2 Å². The van der Waals surface area contributed by atoms with Gasteiger partial charge in [0, 0.05) is 25.2 Å². The molecule has 1 heterocycles. The van der Waals surface area contributed by atoms with E-state index in [1.165, 1.54) is 6.07 Å². The molecule has 0 aliphatic carbocycles. The third-order valence-corrected chi connectivity index (χ3v) is 4.32. The van der Waals surface area contributed by atoms with Crippen molar-refractivity contribution >= 4 is 17.3 Å². The summed E-state index contributed by atoms with van der Waals surface area (Å²) in [5, 5.41) is 14.3. The molecule has 1 amide bonds. The number of nitrogens with one attached hydrogen (secondary N) is 1. The van der Waals surface area contributed by atoms with Crippen molar-refractivity contribution in [2.45, 2.75) is 45.6 Å². The molecule has 1 aromatic carbocycles. The summed E-state index contributed by atoms with van der Waals surface area (Å²) < 4.78 is 0. The maximum absolute atomic E-state index is 12.4. The van der Waals surface area contributed by atoms with E-state index in [9.17, 15) is 14.9 Å². The minimum atomic E-state index is -0.359. The fraction of sp³-hybridized carbons (Fsp3) is 0.588. The van der Waals surface area contributed by atoms with Gasteiger partial charge in [0.2, 0.25) is 5.91 Å². The number of amides is 1.